The van der Waals surface area contributed by atoms with Gasteiger partial charge in [0.1, 0.15) is 5.75 Å². The zero-order valence-electron chi connectivity index (χ0n) is 12.7. The molecule has 0 radical (unpaired) electrons. The number of para-hydroxylation sites is 3. The second-order valence-electron chi connectivity index (χ2n) is 5.53. The molecule has 0 spiro atoms. The summed E-state index contributed by atoms with van der Waals surface area (Å²) < 4.78 is 5.77. The first-order valence-electron chi connectivity index (χ1n) is 7.02. The minimum Gasteiger partial charge on any atom is -0.455 e. The predicted molar refractivity (Wildman–Crippen MR) is 86.3 cm³/mol. The summed E-state index contributed by atoms with van der Waals surface area (Å²) in [6.07, 6.45) is 0. The van der Waals surface area contributed by atoms with Gasteiger partial charge in [-0.2, -0.15) is 0 Å². The smallest absolute Gasteiger partial charge is 0.319 e. The van der Waals surface area contributed by atoms with Crippen LogP contribution in [0.3, 0.4) is 0 Å². The fourth-order valence-corrected chi connectivity index (χ4v) is 1.77. The van der Waals surface area contributed by atoms with E-state index in [2.05, 4.69) is 10.6 Å². The van der Waals surface area contributed by atoms with E-state index in [-0.39, 0.29) is 6.61 Å². The van der Waals surface area contributed by atoms with Gasteiger partial charge >= 0.3 is 6.03 Å². The lowest BCUT2D eigenvalue weighted by Gasteiger charge is -2.24. The predicted octanol–water partition coefficient (Wildman–Crippen LogP) is 3.37. The van der Waals surface area contributed by atoms with E-state index in [1.807, 2.05) is 42.5 Å². The third kappa shape index (κ3) is 4.49. The van der Waals surface area contributed by atoms with Crippen LogP contribution in [0.2, 0.25) is 0 Å². The Morgan fingerprint density at radius 1 is 1.09 bits per heavy atom. The van der Waals surface area contributed by atoms with E-state index in [1.165, 1.54) is 0 Å². The molecule has 0 bridgehead atoms. The highest BCUT2D eigenvalue weighted by atomic mass is 16.5. The summed E-state index contributed by atoms with van der Waals surface area (Å²) in [5.74, 6) is 1.23. The Hall–Kier alpha value is -2.53. The largest absolute Gasteiger partial charge is 0.455 e. The Morgan fingerprint density at radius 2 is 1.73 bits per heavy atom. The fraction of sp³-hybridized carbons (Fsp3) is 0.235. The van der Waals surface area contributed by atoms with Crippen LogP contribution in [0.1, 0.15) is 13.8 Å². The molecule has 0 saturated heterocycles. The van der Waals surface area contributed by atoms with E-state index in [0.717, 1.165) is 0 Å². The molecular weight excluding hydrogens is 280 g/mol. The highest BCUT2D eigenvalue weighted by molar-refractivity contribution is 5.91. The lowest BCUT2D eigenvalue weighted by molar-refractivity contribution is 0.187. The fourth-order valence-electron chi connectivity index (χ4n) is 1.77. The molecule has 2 aromatic carbocycles. The van der Waals surface area contributed by atoms with Gasteiger partial charge in [-0.3, -0.25) is 0 Å². The van der Waals surface area contributed by atoms with Crippen LogP contribution >= 0.6 is 0 Å². The third-order valence-electron chi connectivity index (χ3n) is 2.95. The molecule has 0 aliphatic carbocycles. The van der Waals surface area contributed by atoms with E-state index in [1.54, 1.807) is 26.0 Å². The zero-order chi connectivity index (χ0) is 16.0. The van der Waals surface area contributed by atoms with Gasteiger partial charge < -0.3 is 20.5 Å². The van der Waals surface area contributed by atoms with Crippen molar-refractivity contribution in [2.75, 3.05) is 11.9 Å². The number of hydrogen-bond acceptors (Lipinski definition) is 3. The Bertz CT molecular complexity index is 627. The molecule has 5 heteroatoms. The van der Waals surface area contributed by atoms with Crippen molar-refractivity contribution in [3.05, 3.63) is 54.6 Å². The van der Waals surface area contributed by atoms with Gasteiger partial charge in [0.2, 0.25) is 0 Å². The highest BCUT2D eigenvalue weighted by Crippen LogP contribution is 2.29. The molecule has 0 fully saturated rings. The Kier molecular flexibility index (Phi) is 5.01. The molecule has 0 aliphatic rings. The molecule has 0 aliphatic heterocycles. The second kappa shape index (κ2) is 6.95. The van der Waals surface area contributed by atoms with Crippen molar-refractivity contribution in [1.29, 1.82) is 0 Å². The number of hydrogen-bond donors (Lipinski definition) is 3. The number of urea groups is 1. The molecule has 0 unspecified atom stereocenters. The standard InChI is InChI=1S/C17H20N2O3/c1-17(2,12-20)19-16(21)18-14-10-6-7-11-15(14)22-13-8-4-3-5-9-13/h3-11,20H,12H2,1-2H3,(H2,18,19,21). The lowest BCUT2D eigenvalue weighted by Crippen LogP contribution is -2.48. The molecule has 0 atom stereocenters. The number of rotatable bonds is 5. The molecule has 2 aromatic rings. The summed E-state index contributed by atoms with van der Waals surface area (Å²) in [7, 11) is 0. The van der Waals surface area contributed by atoms with Crippen LogP contribution in [-0.2, 0) is 0 Å². The van der Waals surface area contributed by atoms with Gasteiger partial charge in [-0.25, -0.2) is 4.79 Å². The molecule has 0 saturated carbocycles. The van der Waals surface area contributed by atoms with Crippen LogP contribution in [0.4, 0.5) is 10.5 Å². The molecule has 3 N–H and O–H groups in total. The van der Waals surface area contributed by atoms with Crippen LogP contribution in [0.15, 0.2) is 54.6 Å². The Labute approximate surface area is 129 Å². The van der Waals surface area contributed by atoms with Crippen molar-refractivity contribution in [3.63, 3.8) is 0 Å². The normalized spacial score (nSPS) is 10.9. The molecule has 22 heavy (non-hydrogen) atoms. The van der Waals surface area contributed by atoms with Gasteiger partial charge in [0.15, 0.2) is 5.75 Å². The maximum Gasteiger partial charge on any atom is 0.319 e. The van der Waals surface area contributed by atoms with Gasteiger partial charge in [0.05, 0.1) is 17.8 Å². The van der Waals surface area contributed by atoms with Gasteiger partial charge in [-0.15, -0.1) is 0 Å². The number of carbonyl (C=O) groups excluding carboxylic acids is 1. The van der Waals surface area contributed by atoms with E-state index >= 15 is 0 Å². The molecule has 5 nitrogen and oxygen atoms in total. The second-order valence-corrected chi connectivity index (χ2v) is 5.53. The number of anilines is 1. The number of nitrogens with one attached hydrogen (secondary N) is 2. The van der Waals surface area contributed by atoms with Crippen molar-refractivity contribution in [1.82, 2.24) is 5.32 Å². The minimum absolute atomic E-state index is 0.150. The van der Waals surface area contributed by atoms with E-state index in [0.29, 0.717) is 17.2 Å². The molecule has 0 heterocycles. The maximum absolute atomic E-state index is 12.0. The monoisotopic (exact) mass is 300 g/mol. The van der Waals surface area contributed by atoms with E-state index < -0.39 is 11.6 Å². The molecule has 2 amide bonds. The molecule has 116 valence electrons. The summed E-state index contributed by atoms with van der Waals surface area (Å²) in [4.78, 5) is 12.0. The van der Waals surface area contributed by atoms with E-state index in [9.17, 15) is 9.90 Å². The summed E-state index contributed by atoms with van der Waals surface area (Å²) in [6.45, 7) is 3.32. The van der Waals surface area contributed by atoms with Crippen molar-refractivity contribution in [2.24, 2.45) is 0 Å². The van der Waals surface area contributed by atoms with Crippen LogP contribution in [0, 0.1) is 0 Å². The van der Waals surface area contributed by atoms with Crippen molar-refractivity contribution >= 4 is 11.7 Å². The first-order valence-corrected chi connectivity index (χ1v) is 7.02. The molecular formula is C17H20N2O3. The number of aliphatic hydroxyl groups is 1. The van der Waals surface area contributed by atoms with Crippen molar-refractivity contribution in [2.45, 2.75) is 19.4 Å². The van der Waals surface area contributed by atoms with Crippen molar-refractivity contribution < 1.29 is 14.6 Å². The number of aliphatic hydroxyl groups excluding tert-OH is 1. The number of benzene rings is 2. The first kappa shape index (κ1) is 15.9. The maximum atomic E-state index is 12.0. The topological polar surface area (TPSA) is 70.6 Å². The van der Waals surface area contributed by atoms with E-state index in [4.69, 9.17) is 4.74 Å². The minimum atomic E-state index is -0.695. The average molecular weight is 300 g/mol. The Morgan fingerprint density at radius 3 is 2.41 bits per heavy atom. The SMILES string of the molecule is CC(C)(CO)NC(=O)Nc1ccccc1Oc1ccccc1. The number of carbonyl (C=O) groups is 1. The van der Waals surface area contributed by atoms with Gasteiger partial charge in [0.25, 0.3) is 0 Å². The molecule has 2 rings (SSSR count). The van der Waals surface area contributed by atoms with Crippen LogP contribution in [-0.4, -0.2) is 23.3 Å². The zero-order valence-corrected chi connectivity index (χ0v) is 12.7. The average Bonchev–Trinajstić information content (AvgIpc) is 2.50. The van der Waals surface area contributed by atoms with Gasteiger partial charge in [-0.1, -0.05) is 30.3 Å². The van der Waals surface area contributed by atoms with Gasteiger partial charge in [0, 0.05) is 0 Å². The molecule has 0 aromatic heterocycles. The first-order chi connectivity index (χ1) is 10.5. The van der Waals surface area contributed by atoms with Crippen molar-refractivity contribution in [3.8, 4) is 11.5 Å². The number of amides is 2. The van der Waals surface area contributed by atoms with Crippen LogP contribution in [0.25, 0.3) is 0 Å². The summed E-state index contributed by atoms with van der Waals surface area (Å²) >= 11 is 0. The van der Waals surface area contributed by atoms with Gasteiger partial charge in [-0.05, 0) is 38.1 Å². The van der Waals surface area contributed by atoms with Crippen LogP contribution < -0.4 is 15.4 Å². The summed E-state index contributed by atoms with van der Waals surface area (Å²) in [5.41, 5.74) is -0.142. The highest BCUT2D eigenvalue weighted by Gasteiger charge is 2.19. The quantitative estimate of drug-likeness (QED) is 0.793. The summed E-state index contributed by atoms with van der Waals surface area (Å²) in [5, 5.41) is 14.6. The van der Waals surface area contributed by atoms with Crippen LogP contribution in [0.5, 0.6) is 11.5 Å². The number of ether oxygens (including phenoxy) is 1. The Balaban J connectivity index is 2.10. The summed E-state index contributed by atoms with van der Waals surface area (Å²) in [6, 6.07) is 16.1. The third-order valence-corrected chi connectivity index (χ3v) is 2.95. The lowest BCUT2D eigenvalue weighted by atomic mass is 10.1.